The minimum atomic E-state index is -0.713. The fourth-order valence-corrected chi connectivity index (χ4v) is 2.59. The van der Waals surface area contributed by atoms with Gasteiger partial charge in [-0.05, 0) is 26.7 Å². The molecule has 1 rings (SSSR count). The van der Waals surface area contributed by atoms with E-state index in [9.17, 15) is 19.2 Å². The highest BCUT2D eigenvalue weighted by atomic mass is 17.2. The standard InChI is InChI=1S/C20H28O10/c1-13(2)17(21)29-27-11-9-25-19(23)15-7-5-6-8-16(15)20(24)26-10-12-28-30-18(22)14(3)4/h15-16H,1,3,5-12H2,2,4H3. The van der Waals surface area contributed by atoms with Crippen molar-refractivity contribution in [3.8, 4) is 0 Å². The summed E-state index contributed by atoms with van der Waals surface area (Å²) < 4.78 is 10.2. The molecule has 0 aromatic carbocycles. The van der Waals surface area contributed by atoms with Gasteiger partial charge in [0.15, 0.2) is 0 Å². The number of esters is 2. The predicted octanol–water partition coefficient (Wildman–Crippen LogP) is 1.98. The van der Waals surface area contributed by atoms with E-state index in [1.807, 2.05) is 0 Å². The van der Waals surface area contributed by atoms with Crippen molar-refractivity contribution >= 4 is 23.9 Å². The van der Waals surface area contributed by atoms with E-state index in [2.05, 4.69) is 32.7 Å². The van der Waals surface area contributed by atoms with E-state index in [1.165, 1.54) is 13.8 Å². The second kappa shape index (κ2) is 13.5. The van der Waals surface area contributed by atoms with Crippen LogP contribution in [0.4, 0.5) is 0 Å². The normalized spacial score (nSPS) is 18.1. The van der Waals surface area contributed by atoms with Crippen LogP contribution >= 0.6 is 0 Å². The lowest BCUT2D eigenvalue weighted by Crippen LogP contribution is -2.35. The van der Waals surface area contributed by atoms with Crippen molar-refractivity contribution in [2.75, 3.05) is 26.4 Å². The van der Waals surface area contributed by atoms with Gasteiger partial charge in [-0.15, -0.1) is 0 Å². The van der Waals surface area contributed by atoms with Gasteiger partial charge in [-0.25, -0.2) is 9.59 Å². The van der Waals surface area contributed by atoms with Crippen LogP contribution in [0.3, 0.4) is 0 Å². The number of hydrogen-bond donors (Lipinski definition) is 0. The fourth-order valence-electron chi connectivity index (χ4n) is 2.59. The van der Waals surface area contributed by atoms with E-state index in [1.54, 1.807) is 0 Å². The first-order valence-corrected chi connectivity index (χ1v) is 9.56. The molecule has 1 fully saturated rings. The van der Waals surface area contributed by atoms with E-state index in [4.69, 9.17) is 9.47 Å². The Bertz CT molecular complexity index is 598. The smallest absolute Gasteiger partial charge is 0.368 e. The monoisotopic (exact) mass is 428 g/mol. The van der Waals surface area contributed by atoms with E-state index < -0.39 is 35.7 Å². The van der Waals surface area contributed by atoms with Crippen LogP contribution in [-0.2, 0) is 48.2 Å². The van der Waals surface area contributed by atoms with Gasteiger partial charge in [-0.3, -0.25) is 19.4 Å². The molecule has 2 atom stereocenters. The van der Waals surface area contributed by atoms with Gasteiger partial charge < -0.3 is 9.47 Å². The Kier molecular flexibility index (Phi) is 11.4. The van der Waals surface area contributed by atoms with Gasteiger partial charge in [-0.2, -0.15) is 9.78 Å². The second-order valence-electron chi connectivity index (χ2n) is 6.78. The third kappa shape index (κ3) is 9.19. The number of carbonyl (C=O) groups is 4. The van der Waals surface area contributed by atoms with E-state index in [0.29, 0.717) is 12.8 Å². The first-order valence-electron chi connectivity index (χ1n) is 9.56. The molecule has 30 heavy (non-hydrogen) atoms. The maximum Gasteiger partial charge on any atom is 0.368 e. The van der Waals surface area contributed by atoms with Crippen LogP contribution in [0.1, 0.15) is 39.5 Å². The molecule has 0 aliphatic heterocycles. The van der Waals surface area contributed by atoms with Gasteiger partial charge in [0.2, 0.25) is 0 Å². The molecular formula is C20H28O10. The average molecular weight is 428 g/mol. The van der Waals surface area contributed by atoms with E-state index in [0.717, 1.165) is 12.8 Å². The molecule has 0 aromatic rings. The summed E-state index contributed by atoms with van der Waals surface area (Å²) in [6.07, 6.45) is 2.57. The molecule has 1 saturated carbocycles. The Hall–Kier alpha value is -2.72. The minimum Gasteiger partial charge on any atom is -0.463 e. The van der Waals surface area contributed by atoms with E-state index >= 15 is 0 Å². The van der Waals surface area contributed by atoms with Gasteiger partial charge in [0.25, 0.3) is 0 Å². The predicted molar refractivity (Wildman–Crippen MR) is 101 cm³/mol. The van der Waals surface area contributed by atoms with Gasteiger partial charge in [0.05, 0.1) is 11.8 Å². The van der Waals surface area contributed by atoms with Crippen LogP contribution in [0.25, 0.3) is 0 Å². The molecule has 168 valence electrons. The molecule has 1 aliphatic carbocycles. The SMILES string of the molecule is C=C(C)C(=O)OOCCOC(=O)C1CCCCC1C(=O)OCCOOC(=O)C(=C)C. The molecule has 1 aliphatic rings. The maximum absolute atomic E-state index is 12.3. The van der Waals surface area contributed by atoms with Crippen molar-refractivity contribution in [3.63, 3.8) is 0 Å². The summed E-state index contributed by atoms with van der Waals surface area (Å²) in [7, 11) is 0. The summed E-state index contributed by atoms with van der Waals surface area (Å²) in [6.45, 7) is 9.16. The largest absolute Gasteiger partial charge is 0.463 e. The highest BCUT2D eigenvalue weighted by Crippen LogP contribution is 2.32. The number of hydrogen-bond acceptors (Lipinski definition) is 10. The van der Waals surface area contributed by atoms with Crippen molar-refractivity contribution in [3.05, 3.63) is 24.3 Å². The topological polar surface area (TPSA) is 124 Å². The van der Waals surface area contributed by atoms with Crippen molar-refractivity contribution in [2.45, 2.75) is 39.5 Å². The molecule has 0 heterocycles. The average Bonchev–Trinajstić information content (AvgIpc) is 2.72. The summed E-state index contributed by atoms with van der Waals surface area (Å²) in [5.41, 5.74) is 0.352. The van der Waals surface area contributed by atoms with Crippen LogP contribution in [0.5, 0.6) is 0 Å². The molecule has 0 saturated heterocycles. The number of ether oxygens (including phenoxy) is 2. The Morgan fingerprint density at radius 3 is 1.40 bits per heavy atom. The lowest BCUT2D eigenvalue weighted by molar-refractivity contribution is -0.272. The Morgan fingerprint density at radius 1 is 0.700 bits per heavy atom. The molecule has 0 spiro atoms. The summed E-state index contributed by atoms with van der Waals surface area (Å²) in [6, 6.07) is 0. The van der Waals surface area contributed by atoms with E-state index in [-0.39, 0.29) is 37.6 Å². The first-order chi connectivity index (χ1) is 14.2. The maximum atomic E-state index is 12.3. The molecule has 10 nitrogen and oxygen atoms in total. The van der Waals surface area contributed by atoms with Crippen LogP contribution < -0.4 is 0 Å². The molecule has 0 aromatic heterocycles. The quantitative estimate of drug-likeness (QED) is 0.150. The summed E-state index contributed by atoms with van der Waals surface area (Å²) >= 11 is 0. The highest BCUT2D eigenvalue weighted by molar-refractivity contribution is 5.86. The lowest BCUT2D eigenvalue weighted by Gasteiger charge is -2.28. The zero-order valence-corrected chi connectivity index (χ0v) is 17.3. The molecule has 0 amide bonds. The summed E-state index contributed by atoms with van der Waals surface area (Å²) in [4.78, 5) is 65.1. The molecule has 0 radical (unpaired) electrons. The Balaban J connectivity index is 2.34. The number of carbonyl (C=O) groups excluding carboxylic acids is 4. The third-order valence-corrected chi connectivity index (χ3v) is 4.16. The van der Waals surface area contributed by atoms with Crippen molar-refractivity contribution in [2.24, 2.45) is 11.8 Å². The van der Waals surface area contributed by atoms with Gasteiger partial charge in [0.1, 0.15) is 26.4 Å². The van der Waals surface area contributed by atoms with Crippen molar-refractivity contribution < 1.29 is 48.2 Å². The van der Waals surface area contributed by atoms with Crippen LogP contribution in [0.2, 0.25) is 0 Å². The first kappa shape index (κ1) is 25.3. The van der Waals surface area contributed by atoms with Crippen LogP contribution in [-0.4, -0.2) is 50.3 Å². The van der Waals surface area contributed by atoms with Gasteiger partial charge in [-0.1, -0.05) is 26.0 Å². The molecule has 10 heteroatoms. The second-order valence-corrected chi connectivity index (χ2v) is 6.78. The van der Waals surface area contributed by atoms with Crippen LogP contribution in [0, 0.1) is 11.8 Å². The molecular weight excluding hydrogens is 400 g/mol. The molecule has 2 unspecified atom stereocenters. The van der Waals surface area contributed by atoms with Gasteiger partial charge >= 0.3 is 23.9 Å². The fraction of sp³-hybridized carbons (Fsp3) is 0.600. The highest BCUT2D eigenvalue weighted by Gasteiger charge is 2.37. The van der Waals surface area contributed by atoms with Crippen LogP contribution in [0.15, 0.2) is 24.3 Å². The van der Waals surface area contributed by atoms with Crippen molar-refractivity contribution in [1.82, 2.24) is 0 Å². The molecule has 0 bridgehead atoms. The number of rotatable bonds is 12. The Morgan fingerprint density at radius 2 is 1.07 bits per heavy atom. The third-order valence-electron chi connectivity index (χ3n) is 4.16. The Labute approximate surface area is 174 Å². The zero-order chi connectivity index (χ0) is 22.5. The zero-order valence-electron chi connectivity index (χ0n) is 17.3. The van der Waals surface area contributed by atoms with Crippen molar-refractivity contribution in [1.29, 1.82) is 0 Å². The summed E-state index contributed by atoms with van der Waals surface area (Å²) in [5.74, 6) is -3.78. The lowest BCUT2D eigenvalue weighted by atomic mass is 9.79. The summed E-state index contributed by atoms with van der Waals surface area (Å²) in [5, 5.41) is 0. The van der Waals surface area contributed by atoms with Gasteiger partial charge in [0, 0.05) is 11.1 Å². The molecule has 0 N–H and O–H groups in total. The minimum absolute atomic E-state index is 0.136.